The van der Waals surface area contributed by atoms with E-state index >= 15 is 0 Å². The Morgan fingerprint density at radius 1 is 0.462 bits per heavy atom. The van der Waals surface area contributed by atoms with Gasteiger partial charge in [0.15, 0.2) is 0 Å². The fourth-order valence-corrected chi connectivity index (χ4v) is 7.14. The average molecular weight is 734 g/mol. The molecule has 5 nitrogen and oxygen atoms in total. The molecule has 0 aliphatic carbocycles. The number of unbranched alkanes of at least 4 members (excludes halogenated alkanes) is 32. The van der Waals surface area contributed by atoms with Crippen LogP contribution in [0, 0.1) is 0 Å². The largest absolute Gasteiger partial charge is 0.394 e. The normalized spacial score (nSPS) is 13.7. The van der Waals surface area contributed by atoms with Crippen molar-refractivity contribution in [2.75, 3.05) is 6.61 Å². The number of amides is 1. The van der Waals surface area contributed by atoms with Gasteiger partial charge in [0.2, 0.25) is 5.91 Å². The van der Waals surface area contributed by atoms with E-state index < -0.39 is 24.2 Å². The minimum absolute atomic E-state index is 0.373. The number of rotatable bonds is 42. The van der Waals surface area contributed by atoms with Gasteiger partial charge in [0.1, 0.15) is 6.10 Å². The quantitative estimate of drug-likeness (QED) is 0.0371. The van der Waals surface area contributed by atoms with Gasteiger partial charge in [-0.2, -0.15) is 0 Å². The Hall–Kier alpha value is -1.17. The van der Waals surface area contributed by atoms with E-state index in [2.05, 4.69) is 31.3 Å². The summed E-state index contributed by atoms with van der Waals surface area (Å²) in [6.45, 7) is 4.16. The lowest BCUT2D eigenvalue weighted by Gasteiger charge is -2.21. The molecule has 308 valence electrons. The highest BCUT2D eigenvalue weighted by atomic mass is 16.3. The first-order valence-electron chi connectivity index (χ1n) is 23.2. The zero-order chi connectivity index (χ0) is 38.0. The number of hydrogen-bond donors (Lipinski definition) is 4. The third-order valence-electron chi connectivity index (χ3n) is 10.8. The SMILES string of the molecule is CCCCCCCC/C=C/CC/C=C/C(O)C(CO)NC(=O)C(O)CCCCCCCCCCCCCCCCCCCCCCCCCCCC. The minimum Gasteiger partial charge on any atom is -0.394 e. The molecule has 0 saturated carbocycles. The molecule has 0 heterocycles. The predicted molar refractivity (Wildman–Crippen MR) is 227 cm³/mol. The number of hydrogen-bond acceptors (Lipinski definition) is 4. The van der Waals surface area contributed by atoms with Crippen LogP contribution in [0.5, 0.6) is 0 Å². The molecule has 0 aromatic carbocycles. The summed E-state index contributed by atoms with van der Waals surface area (Å²) in [7, 11) is 0. The second-order valence-electron chi connectivity index (χ2n) is 16.0. The van der Waals surface area contributed by atoms with Gasteiger partial charge in [-0.05, 0) is 32.1 Å². The van der Waals surface area contributed by atoms with Crippen LogP contribution >= 0.6 is 0 Å². The van der Waals surface area contributed by atoms with Crippen molar-refractivity contribution >= 4 is 5.91 Å². The van der Waals surface area contributed by atoms with Gasteiger partial charge in [-0.15, -0.1) is 0 Å². The standard InChI is InChI=1S/C47H91NO4/c1-3-5-7-9-11-13-15-17-18-19-20-21-22-23-24-25-26-27-28-29-30-32-34-36-38-40-42-46(51)47(52)48-44(43-49)45(50)41-39-37-35-33-31-16-14-12-10-8-6-4-2/h31,33,39,41,44-46,49-51H,3-30,32,34-38,40,42-43H2,1-2H3,(H,48,52)/b33-31+,41-39+. The second-order valence-corrected chi connectivity index (χ2v) is 16.0. The van der Waals surface area contributed by atoms with E-state index in [0.29, 0.717) is 6.42 Å². The van der Waals surface area contributed by atoms with Crippen LogP contribution in [0.25, 0.3) is 0 Å². The first kappa shape index (κ1) is 50.8. The molecule has 3 atom stereocenters. The third kappa shape index (κ3) is 37.2. The molecular weight excluding hydrogens is 643 g/mol. The van der Waals surface area contributed by atoms with Crippen LogP contribution in [0.15, 0.2) is 24.3 Å². The maximum Gasteiger partial charge on any atom is 0.249 e. The van der Waals surface area contributed by atoms with Crippen molar-refractivity contribution in [1.29, 1.82) is 0 Å². The Labute approximate surface area is 324 Å². The van der Waals surface area contributed by atoms with Crippen LogP contribution in [0.1, 0.15) is 245 Å². The number of aliphatic hydroxyl groups excluding tert-OH is 3. The molecule has 4 N–H and O–H groups in total. The molecule has 0 radical (unpaired) electrons. The Morgan fingerprint density at radius 2 is 0.788 bits per heavy atom. The van der Waals surface area contributed by atoms with Gasteiger partial charge in [0.05, 0.1) is 18.8 Å². The van der Waals surface area contributed by atoms with Crippen molar-refractivity contribution in [1.82, 2.24) is 5.32 Å². The first-order chi connectivity index (χ1) is 25.6. The van der Waals surface area contributed by atoms with Crippen LogP contribution in [-0.4, -0.2) is 46.1 Å². The van der Waals surface area contributed by atoms with E-state index in [4.69, 9.17) is 0 Å². The fraction of sp³-hybridized carbons (Fsp3) is 0.894. The number of aliphatic hydroxyl groups is 3. The van der Waals surface area contributed by atoms with E-state index in [9.17, 15) is 20.1 Å². The second kappa shape index (κ2) is 42.6. The Kier molecular flexibility index (Phi) is 41.6. The zero-order valence-corrected chi connectivity index (χ0v) is 35.0. The molecule has 1 amide bonds. The molecule has 3 unspecified atom stereocenters. The number of carbonyl (C=O) groups excluding carboxylic acids is 1. The summed E-state index contributed by atoms with van der Waals surface area (Å²) < 4.78 is 0. The van der Waals surface area contributed by atoms with Crippen molar-refractivity contribution in [3.8, 4) is 0 Å². The van der Waals surface area contributed by atoms with Gasteiger partial charge < -0.3 is 20.6 Å². The molecule has 0 aromatic rings. The summed E-state index contributed by atoms with van der Waals surface area (Å²) in [4.78, 5) is 12.4. The zero-order valence-electron chi connectivity index (χ0n) is 35.0. The van der Waals surface area contributed by atoms with Crippen molar-refractivity contribution in [2.45, 2.75) is 263 Å². The van der Waals surface area contributed by atoms with E-state index in [-0.39, 0.29) is 6.61 Å². The van der Waals surface area contributed by atoms with Gasteiger partial charge in [0.25, 0.3) is 0 Å². The van der Waals surface area contributed by atoms with Crippen molar-refractivity contribution in [3.05, 3.63) is 24.3 Å². The molecule has 0 bridgehead atoms. The molecule has 0 aromatic heterocycles. The highest BCUT2D eigenvalue weighted by Crippen LogP contribution is 2.17. The highest BCUT2D eigenvalue weighted by Gasteiger charge is 2.22. The van der Waals surface area contributed by atoms with Crippen molar-refractivity contribution in [2.24, 2.45) is 0 Å². The van der Waals surface area contributed by atoms with Crippen LogP contribution in [0.3, 0.4) is 0 Å². The lowest BCUT2D eigenvalue weighted by Crippen LogP contribution is -2.48. The molecule has 0 spiro atoms. The van der Waals surface area contributed by atoms with Crippen molar-refractivity contribution in [3.63, 3.8) is 0 Å². The summed E-state index contributed by atoms with van der Waals surface area (Å²) in [5.41, 5.74) is 0. The van der Waals surface area contributed by atoms with Gasteiger partial charge in [-0.3, -0.25) is 4.79 Å². The number of carbonyl (C=O) groups is 1. The van der Waals surface area contributed by atoms with Crippen LogP contribution in [0.4, 0.5) is 0 Å². The maximum absolute atomic E-state index is 12.4. The first-order valence-corrected chi connectivity index (χ1v) is 23.2. The van der Waals surface area contributed by atoms with E-state index in [1.165, 1.54) is 186 Å². The summed E-state index contributed by atoms with van der Waals surface area (Å²) in [5.74, 6) is -0.510. The Morgan fingerprint density at radius 3 is 1.17 bits per heavy atom. The number of allylic oxidation sites excluding steroid dienone is 3. The Bertz CT molecular complexity index is 768. The highest BCUT2D eigenvalue weighted by molar-refractivity contribution is 5.80. The number of nitrogens with one attached hydrogen (secondary N) is 1. The smallest absolute Gasteiger partial charge is 0.249 e. The van der Waals surface area contributed by atoms with E-state index in [0.717, 1.165) is 38.5 Å². The van der Waals surface area contributed by atoms with Gasteiger partial charge in [-0.1, -0.05) is 237 Å². The summed E-state index contributed by atoms with van der Waals surface area (Å²) in [5, 5.41) is 33.1. The molecule has 0 fully saturated rings. The molecule has 0 aliphatic rings. The van der Waals surface area contributed by atoms with E-state index in [1.54, 1.807) is 6.08 Å². The van der Waals surface area contributed by atoms with E-state index in [1.807, 2.05) is 6.08 Å². The van der Waals surface area contributed by atoms with Gasteiger partial charge in [0, 0.05) is 0 Å². The summed E-state index contributed by atoms with van der Waals surface area (Å²) in [6, 6.07) is -0.810. The summed E-state index contributed by atoms with van der Waals surface area (Å²) >= 11 is 0. The molecule has 0 saturated heterocycles. The molecule has 0 aliphatic heterocycles. The lowest BCUT2D eigenvalue weighted by molar-refractivity contribution is -0.131. The minimum atomic E-state index is -1.10. The van der Waals surface area contributed by atoms with Crippen molar-refractivity contribution < 1.29 is 20.1 Å². The van der Waals surface area contributed by atoms with Crippen LogP contribution in [-0.2, 0) is 4.79 Å². The average Bonchev–Trinajstić information content (AvgIpc) is 3.15. The fourth-order valence-electron chi connectivity index (χ4n) is 7.14. The molecule has 52 heavy (non-hydrogen) atoms. The Balaban J connectivity index is 3.56. The predicted octanol–water partition coefficient (Wildman–Crippen LogP) is 13.4. The van der Waals surface area contributed by atoms with Gasteiger partial charge >= 0.3 is 0 Å². The molecular formula is C47H91NO4. The maximum atomic E-state index is 12.4. The topological polar surface area (TPSA) is 89.8 Å². The summed E-state index contributed by atoms with van der Waals surface area (Å²) in [6.07, 6.45) is 52.3. The van der Waals surface area contributed by atoms with Crippen LogP contribution in [0.2, 0.25) is 0 Å². The third-order valence-corrected chi connectivity index (χ3v) is 10.8. The lowest BCUT2D eigenvalue weighted by atomic mass is 10.0. The monoisotopic (exact) mass is 734 g/mol. The van der Waals surface area contributed by atoms with Crippen LogP contribution < -0.4 is 5.32 Å². The van der Waals surface area contributed by atoms with Gasteiger partial charge in [-0.25, -0.2) is 0 Å². The molecule has 0 rings (SSSR count). The molecule has 5 heteroatoms.